The summed E-state index contributed by atoms with van der Waals surface area (Å²) >= 11 is 0. The molecule has 0 spiro atoms. The van der Waals surface area contributed by atoms with Crippen LogP contribution in [0.5, 0.6) is 5.75 Å². The number of nitrogens with zero attached hydrogens (tertiary/aromatic N) is 1. The monoisotopic (exact) mass is 430 g/mol. The third kappa shape index (κ3) is 5.02. The number of benzene rings is 2. The smallest absolute Gasteiger partial charge is 0.257 e. The summed E-state index contributed by atoms with van der Waals surface area (Å²) in [5, 5.41) is 0. The van der Waals surface area contributed by atoms with Crippen molar-refractivity contribution in [2.24, 2.45) is 0 Å². The van der Waals surface area contributed by atoms with Gasteiger partial charge in [0.05, 0.1) is 17.6 Å². The first-order chi connectivity index (χ1) is 14.4. The lowest BCUT2D eigenvalue weighted by atomic mass is 10.0. The number of hydrogen-bond donors (Lipinski definition) is 1. The molecule has 1 aliphatic rings. The maximum absolute atomic E-state index is 13.1. The third-order valence-electron chi connectivity index (χ3n) is 5.54. The molecule has 0 unspecified atom stereocenters. The van der Waals surface area contributed by atoms with Gasteiger partial charge < -0.3 is 9.64 Å². The molecule has 1 atom stereocenters. The Kier molecular flexibility index (Phi) is 7.15. The average Bonchev–Trinajstić information content (AvgIpc) is 2.77. The molecule has 1 aliphatic heterocycles. The van der Waals surface area contributed by atoms with Gasteiger partial charge in [0.15, 0.2) is 0 Å². The van der Waals surface area contributed by atoms with E-state index in [0.717, 1.165) is 30.4 Å². The van der Waals surface area contributed by atoms with E-state index in [1.165, 1.54) is 19.2 Å². The molecule has 2 aromatic carbocycles. The van der Waals surface area contributed by atoms with Gasteiger partial charge in [-0.15, -0.1) is 0 Å². The van der Waals surface area contributed by atoms with Gasteiger partial charge in [0.2, 0.25) is 10.0 Å². The zero-order valence-corrected chi connectivity index (χ0v) is 18.7. The number of sulfonamides is 1. The molecule has 0 saturated carbocycles. The molecular formula is C23H30N2O4S. The fourth-order valence-electron chi connectivity index (χ4n) is 3.73. The molecule has 30 heavy (non-hydrogen) atoms. The van der Waals surface area contributed by atoms with Crippen molar-refractivity contribution in [1.82, 2.24) is 9.62 Å². The minimum Gasteiger partial charge on any atom is -0.496 e. The van der Waals surface area contributed by atoms with Gasteiger partial charge in [-0.3, -0.25) is 4.79 Å². The first kappa shape index (κ1) is 22.3. The molecule has 1 heterocycles. The van der Waals surface area contributed by atoms with Crippen LogP contribution < -0.4 is 9.46 Å². The zero-order chi connectivity index (χ0) is 21.7. The summed E-state index contributed by atoms with van der Waals surface area (Å²) in [6, 6.07) is 11.9. The maximum Gasteiger partial charge on any atom is 0.257 e. The number of nitrogens with one attached hydrogen (secondary N) is 1. The molecule has 3 rings (SSSR count). The Labute approximate surface area is 179 Å². The van der Waals surface area contributed by atoms with E-state index in [1.54, 1.807) is 11.0 Å². The molecule has 2 aromatic rings. The van der Waals surface area contributed by atoms with E-state index < -0.39 is 10.0 Å². The van der Waals surface area contributed by atoms with Gasteiger partial charge in [-0.2, -0.15) is 0 Å². The topological polar surface area (TPSA) is 75.7 Å². The van der Waals surface area contributed by atoms with Crippen LogP contribution in [0.25, 0.3) is 0 Å². The van der Waals surface area contributed by atoms with Gasteiger partial charge in [0, 0.05) is 19.1 Å². The van der Waals surface area contributed by atoms with Crippen LogP contribution in [0, 0.1) is 6.92 Å². The van der Waals surface area contributed by atoms with Crippen molar-refractivity contribution in [3.63, 3.8) is 0 Å². The van der Waals surface area contributed by atoms with E-state index in [-0.39, 0.29) is 22.4 Å². The number of piperidine rings is 1. The van der Waals surface area contributed by atoms with Crippen LogP contribution in [0.4, 0.5) is 0 Å². The molecule has 0 aliphatic carbocycles. The van der Waals surface area contributed by atoms with E-state index in [2.05, 4.69) is 4.72 Å². The first-order valence-corrected chi connectivity index (χ1v) is 11.9. The second kappa shape index (κ2) is 9.62. The Bertz CT molecular complexity index is 981. The molecule has 1 fully saturated rings. The van der Waals surface area contributed by atoms with Crippen LogP contribution in [-0.2, 0) is 10.0 Å². The molecule has 1 N–H and O–H groups in total. The number of rotatable bonds is 7. The van der Waals surface area contributed by atoms with E-state index >= 15 is 0 Å². The quantitative estimate of drug-likeness (QED) is 0.719. The summed E-state index contributed by atoms with van der Waals surface area (Å²) in [6.45, 7) is 5.30. The zero-order valence-electron chi connectivity index (χ0n) is 17.8. The average molecular weight is 431 g/mol. The summed E-state index contributed by atoms with van der Waals surface area (Å²) in [7, 11) is -2.33. The van der Waals surface area contributed by atoms with Crippen molar-refractivity contribution in [3.8, 4) is 5.75 Å². The number of hydrogen-bond acceptors (Lipinski definition) is 4. The molecule has 1 saturated heterocycles. The summed E-state index contributed by atoms with van der Waals surface area (Å²) in [5.74, 6) is 0.198. The van der Waals surface area contributed by atoms with E-state index in [0.29, 0.717) is 25.3 Å². The SMILES string of the molecule is CC[C@H](NS(=O)(=O)c1ccc(OC)c(C(=O)N2CCCCC2)c1)c1ccc(C)cc1. The number of likely N-dealkylation sites (tertiary alicyclic amines) is 1. The number of carbonyl (C=O) groups excluding carboxylic acids is 1. The van der Waals surface area contributed by atoms with E-state index in [9.17, 15) is 13.2 Å². The minimum absolute atomic E-state index is 0.0641. The van der Waals surface area contributed by atoms with Crippen LogP contribution in [-0.4, -0.2) is 39.4 Å². The standard InChI is InChI=1S/C23H30N2O4S/c1-4-21(18-10-8-17(2)9-11-18)24-30(27,28)19-12-13-22(29-3)20(16-19)23(26)25-14-6-5-7-15-25/h8-13,16,21,24H,4-7,14-15H2,1-3H3/t21-/m0/s1. The first-order valence-electron chi connectivity index (χ1n) is 10.4. The molecular weight excluding hydrogens is 400 g/mol. The second-order valence-corrected chi connectivity index (χ2v) is 9.42. The van der Waals surface area contributed by atoms with Gasteiger partial charge in [-0.1, -0.05) is 36.8 Å². The second-order valence-electron chi connectivity index (χ2n) is 7.71. The highest BCUT2D eigenvalue weighted by atomic mass is 32.2. The van der Waals surface area contributed by atoms with E-state index in [1.807, 2.05) is 38.1 Å². The van der Waals surface area contributed by atoms with Gasteiger partial charge in [0.1, 0.15) is 5.75 Å². The number of carbonyl (C=O) groups is 1. The summed E-state index contributed by atoms with van der Waals surface area (Å²) < 4.78 is 34.4. The minimum atomic E-state index is -3.82. The number of amides is 1. The molecule has 6 nitrogen and oxygen atoms in total. The maximum atomic E-state index is 13.1. The third-order valence-corrected chi connectivity index (χ3v) is 7.01. The Morgan fingerprint density at radius 3 is 2.37 bits per heavy atom. The van der Waals surface area contributed by atoms with E-state index in [4.69, 9.17) is 4.74 Å². The van der Waals surface area contributed by atoms with Crippen molar-refractivity contribution < 1.29 is 17.9 Å². The van der Waals surface area contributed by atoms with Crippen molar-refractivity contribution in [2.45, 2.75) is 50.5 Å². The molecule has 0 radical (unpaired) electrons. The highest BCUT2D eigenvalue weighted by Gasteiger charge is 2.26. The Hall–Kier alpha value is -2.38. The van der Waals surface area contributed by atoms with Gasteiger partial charge >= 0.3 is 0 Å². The lowest BCUT2D eigenvalue weighted by Crippen LogP contribution is -2.36. The molecule has 1 amide bonds. The lowest BCUT2D eigenvalue weighted by molar-refractivity contribution is 0.0720. The number of methoxy groups -OCH3 is 1. The lowest BCUT2D eigenvalue weighted by Gasteiger charge is -2.27. The highest BCUT2D eigenvalue weighted by Crippen LogP contribution is 2.27. The molecule has 0 bridgehead atoms. The fourth-order valence-corrected chi connectivity index (χ4v) is 5.06. The largest absolute Gasteiger partial charge is 0.496 e. The highest BCUT2D eigenvalue weighted by molar-refractivity contribution is 7.89. The molecule has 7 heteroatoms. The van der Waals surface area contributed by atoms with Crippen LogP contribution >= 0.6 is 0 Å². The molecule has 162 valence electrons. The predicted molar refractivity (Wildman–Crippen MR) is 117 cm³/mol. The summed E-state index contributed by atoms with van der Waals surface area (Å²) in [6.07, 6.45) is 3.64. The van der Waals surface area contributed by atoms with Crippen molar-refractivity contribution in [3.05, 3.63) is 59.2 Å². The van der Waals surface area contributed by atoms with Crippen LogP contribution in [0.1, 0.15) is 60.1 Å². The fraction of sp³-hybridized carbons (Fsp3) is 0.435. The van der Waals surface area contributed by atoms with Crippen LogP contribution in [0.3, 0.4) is 0 Å². The van der Waals surface area contributed by atoms with Crippen molar-refractivity contribution in [1.29, 1.82) is 0 Å². The van der Waals surface area contributed by atoms with Gasteiger partial charge in [-0.05, 0) is 56.4 Å². The summed E-state index contributed by atoms with van der Waals surface area (Å²) in [5.41, 5.74) is 2.31. The Morgan fingerprint density at radius 1 is 1.10 bits per heavy atom. The van der Waals surface area contributed by atoms with Gasteiger partial charge in [0.25, 0.3) is 5.91 Å². The number of aryl methyl sites for hydroxylation is 1. The Balaban J connectivity index is 1.89. The van der Waals surface area contributed by atoms with Crippen LogP contribution in [0.2, 0.25) is 0 Å². The molecule has 0 aromatic heterocycles. The van der Waals surface area contributed by atoms with Gasteiger partial charge in [-0.25, -0.2) is 13.1 Å². The van der Waals surface area contributed by atoms with Crippen molar-refractivity contribution in [2.75, 3.05) is 20.2 Å². The number of ether oxygens (including phenoxy) is 1. The van der Waals surface area contributed by atoms with Crippen molar-refractivity contribution >= 4 is 15.9 Å². The summed E-state index contributed by atoms with van der Waals surface area (Å²) in [4.78, 5) is 14.9. The van der Waals surface area contributed by atoms with Crippen LogP contribution in [0.15, 0.2) is 47.4 Å². The predicted octanol–water partition coefficient (Wildman–Crippen LogP) is 4.06. The normalized spacial score (nSPS) is 15.6. The Morgan fingerprint density at radius 2 is 1.77 bits per heavy atom.